The number of nitrogens with zero attached hydrogens (tertiary/aromatic N) is 3. The molecular weight excluding hydrogens is 396 g/mol. The molecule has 5 heteroatoms. The summed E-state index contributed by atoms with van der Waals surface area (Å²) in [6, 6.07) is 20.8. The summed E-state index contributed by atoms with van der Waals surface area (Å²) in [5, 5.41) is 7.68. The third-order valence-electron chi connectivity index (χ3n) is 6.01. The number of amides is 1. The van der Waals surface area contributed by atoms with Crippen molar-refractivity contribution in [2.24, 2.45) is 0 Å². The Morgan fingerprint density at radius 3 is 2.22 bits per heavy atom. The first-order valence-electron chi connectivity index (χ1n) is 11.1. The third-order valence-corrected chi connectivity index (χ3v) is 6.01. The zero-order chi connectivity index (χ0) is 22.8. The highest BCUT2D eigenvalue weighted by molar-refractivity contribution is 5.93. The molecule has 1 N–H and O–H groups in total. The minimum Gasteiger partial charge on any atom is -0.348 e. The van der Waals surface area contributed by atoms with Crippen LogP contribution in [0.5, 0.6) is 0 Å². The molecule has 0 radical (unpaired) electrons. The maximum absolute atomic E-state index is 13.1. The van der Waals surface area contributed by atoms with Crippen molar-refractivity contribution in [2.45, 2.75) is 53.0 Å². The second-order valence-corrected chi connectivity index (χ2v) is 8.81. The number of fused-ring (bicyclic) bond motifs is 1. The third kappa shape index (κ3) is 4.72. The molecule has 0 aliphatic rings. The van der Waals surface area contributed by atoms with E-state index >= 15 is 0 Å². The molecule has 0 aliphatic carbocycles. The topological polar surface area (TPSA) is 59.3 Å². The van der Waals surface area contributed by atoms with Crippen LogP contribution in [-0.4, -0.2) is 26.5 Å². The first-order chi connectivity index (χ1) is 15.3. The van der Waals surface area contributed by atoms with E-state index in [1.165, 1.54) is 22.3 Å². The highest BCUT2D eigenvalue weighted by atomic mass is 16.2. The molecule has 1 amide bonds. The number of benzene rings is 2. The van der Waals surface area contributed by atoms with Crippen LogP contribution < -0.4 is 5.32 Å². The Morgan fingerprint density at radius 1 is 0.938 bits per heavy atom. The molecule has 0 aliphatic heterocycles. The number of carbonyl (C=O) groups excluding carboxylic acids is 1. The van der Waals surface area contributed by atoms with E-state index in [-0.39, 0.29) is 17.9 Å². The molecule has 164 valence electrons. The molecule has 0 saturated carbocycles. The average Bonchev–Trinajstić information content (AvgIpc) is 3.19. The van der Waals surface area contributed by atoms with E-state index in [1.54, 1.807) is 10.6 Å². The Kier molecular flexibility index (Phi) is 6.08. The van der Waals surface area contributed by atoms with E-state index in [0.717, 1.165) is 17.8 Å². The highest BCUT2D eigenvalue weighted by Crippen LogP contribution is 2.26. The van der Waals surface area contributed by atoms with Gasteiger partial charge in [0.2, 0.25) is 0 Å². The predicted molar refractivity (Wildman–Crippen MR) is 128 cm³/mol. The fourth-order valence-corrected chi connectivity index (χ4v) is 4.15. The van der Waals surface area contributed by atoms with Crippen LogP contribution in [0.1, 0.15) is 57.0 Å². The van der Waals surface area contributed by atoms with Gasteiger partial charge in [0.15, 0.2) is 11.3 Å². The standard InChI is InChI=1S/C27H30N4O/c1-17-6-10-22(11-7-17)15-24(23-12-8-18(2)9-13-23)21(5)29-27(32)25-16-26-28-19(3)14-20(4)31(26)30-25/h6-14,16,21,24H,15H2,1-5H3,(H,29,32)/t21?,24-/m0/s1. The Hall–Kier alpha value is -3.47. The van der Waals surface area contributed by atoms with Crippen molar-refractivity contribution in [3.05, 3.63) is 100.0 Å². The highest BCUT2D eigenvalue weighted by Gasteiger charge is 2.23. The molecule has 0 saturated heterocycles. The maximum Gasteiger partial charge on any atom is 0.272 e. The van der Waals surface area contributed by atoms with Crippen molar-refractivity contribution < 1.29 is 4.79 Å². The summed E-state index contributed by atoms with van der Waals surface area (Å²) in [6.45, 7) is 10.2. The van der Waals surface area contributed by atoms with Crippen LogP contribution in [0.15, 0.2) is 60.7 Å². The van der Waals surface area contributed by atoms with Crippen molar-refractivity contribution in [1.29, 1.82) is 0 Å². The van der Waals surface area contributed by atoms with Gasteiger partial charge in [-0.25, -0.2) is 9.50 Å². The van der Waals surface area contributed by atoms with E-state index in [2.05, 4.69) is 84.7 Å². The molecule has 1 unspecified atom stereocenters. The lowest BCUT2D eigenvalue weighted by atomic mass is 9.86. The SMILES string of the molecule is Cc1ccc(C[C@H](c2ccc(C)cc2)C(C)NC(=O)c2cc3nc(C)cc(C)n3n2)cc1. The van der Waals surface area contributed by atoms with Crippen LogP contribution >= 0.6 is 0 Å². The summed E-state index contributed by atoms with van der Waals surface area (Å²) in [6.07, 6.45) is 0.843. The van der Waals surface area contributed by atoms with E-state index in [0.29, 0.717) is 11.3 Å². The molecule has 2 heterocycles. The van der Waals surface area contributed by atoms with Crippen molar-refractivity contribution in [3.63, 3.8) is 0 Å². The fourth-order valence-electron chi connectivity index (χ4n) is 4.15. The van der Waals surface area contributed by atoms with E-state index < -0.39 is 0 Å². The summed E-state index contributed by atoms with van der Waals surface area (Å²) >= 11 is 0. The zero-order valence-corrected chi connectivity index (χ0v) is 19.4. The summed E-state index contributed by atoms with van der Waals surface area (Å²) < 4.78 is 1.72. The van der Waals surface area contributed by atoms with Crippen LogP contribution in [0.4, 0.5) is 0 Å². The smallest absolute Gasteiger partial charge is 0.272 e. The molecule has 2 aromatic carbocycles. The van der Waals surface area contributed by atoms with Crippen molar-refractivity contribution in [1.82, 2.24) is 19.9 Å². The average molecular weight is 427 g/mol. The second kappa shape index (κ2) is 8.95. The van der Waals surface area contributed by atoms with Gasteiger partial charge in [0, 0.05) is 29.4 Å². The van der Waals surface area contributed by atoms with Gasteiger partial charge in [0.25, 0.3) is 5.91 Å². The number of aryl methyl sites for hydroxylation is 4. The van der Waals surface area contributed by atoms with Crippen LogP contribution in [0.25, 0.3) is 5.65 Å². The molecule has 4 aromatic rings. The van der Waals surface area contributed by atoms with Gasteiger partial charge in [0.1, 0.15) is 0 Å². The van der Waals surface area contributed by atoms with Crippen molar-refractivity contribution in [3.8, 4) is 0 Å². The number of carbonyl (C=O) groups is 1. The van der Waals surface area contributed by atoms with Gasteiger partial charge >= 0.3 is 0 Å². The number of rotatable bonds is 6. The first kappa shape index (κ1) is 21.8. The van der Waals surface area contributed by atoms with Gasteiger partial charge < -0.3 is 5.32 Å². The molecule has 0 spiro atoms. The van der Waals surface area contributed by atoms with Crippen LogP contribution in [0.3, 0.4) is 0 Å². The predicted octanol–water partition coefficient (Wildman–Crippen LogP) is 5.11. The van der Waals surface area contributed by atoms with Crippen molar-refractivity contribution in [2.75, 3.05) is 0 Å². The maximum atomic E-state index is 13.1. The normalized spacial score (nSPS) is 13.2. The van der Waals surface area contributed by atoms with Gasteiger partial charge in [-0.05, 0) is 58.2 Å². The summed E-state index contributed by atoms with van der Waals surface area (Å²) in [4.78, 5) is 17.6. The second-order valence-electron chi connectivity index (χ2n) is 8.81. The Labute approximate surface area is 189 Å². The number of hydrogen-bond donors (Lipinski definition) is 1. The largest absolute Gasteiger partial charge is 0.348 e. The summed E-state index contributed by atoms with van der Waals surface area (Å²) in [7, 11) is 0. The fraction of sp³-hybridized carbons (Fsp3) is 0.296. The van der Waals surface area contributed by atoms with Gasteiger partial charge in [-0.2, -0.15) is 5.10 Å². The molecule has 5 nitrogen and oxygen atoms in total. The van der Waals surface area contributed by atoms with Crippen LogP contribution in [-0.2, 0) is 6.42 Å². The van der Waals surface area contributed by atoms with E-state index in [1.807, 2.05) is 19.9 Å². The van der Waals surface area contributed by atoms with Gasteiger partial charge in [-0.1, -0.05) is 59.7 Å². The van der Waals surface area contributed by atoms with Crippen LogP contribution in [0, 0.1) is 27.7 Å². The monoisotopic (exact) mass is 426 g/mol. The van der Waals surface area contributed by atoms with Crippen molar-refractivity contribution >= 4 is 11.6 Å². The zero-order valence-electron chi connectivity index (χ0n) is 19.4. The lowest BCUT2D eigenvalue weighted by molar-refractivity contribution is 0.0929. The molecule has 2 atom stereocenters. The molecule has 0 fully saturated rings. The first-order valence-corrected chi connectivity index (χ1v) is 11.1. The lowest BCUT2D eigenvalue weighted by Crippen LogP contribution is -2.38. The minimum absolute atomic E-state index is 0.0767. The molecule has 4 rings (SSSR count). The molecular formula is C27H30N4O. The summed E-state index contributed by atoms with van der Waals surface area (Å²) in [5.41, 5.74) is 7.88. The molecule has 2 aromatic heterocycles. The number of hydrogen-bond acceptors (Lipinski definition) is 3. The Bertz CT molecular complexity index is 1240. The van der Waals surface area contributed by atoms with E-state index in [4.69, 9.17) is 0 Å². The molecule has 32 heavy (non-hydrogen) atoms. The summed E-state index contributed by atoms with van der Waals surface area (Å²) in [5.74, 6) is -0.0394. The minimum atomic E-state index is -0.180. The van der Waals surface area contributed by atoms with Gasteiger partial charge in [-0.15, -0.1) is 0 Å². The van der Waals surface area contributed by atoms with Gasteiger partial charge in [0.05, 0.1) is 0 Å². The molecule has 0 bridgehead atoms. The number of aromatic nitrogens is 3. The van der Waals surface area contributed by atoms with Gasteiger partial charge in [-0.3, -0.25) is 4.79 Å². The van der Waals surface area contributed by atoms with E-state index in [9.17, 15) is 4.79 Å². The Morgan fingerprint density at radius 2 is 1.56 bits per heavy atom. The quantitative estimate of drug-likeness (QED) is 0.466. The number of nitrogens with one attached hydrogen (secondary N) is 1. The lowest BCUT2D eigenvalue weighted by Gasteiger charge is -2.26. The van der Waals surface area contributed by atoms with Crippen LogP contribution in [0.2, 0.25) is 0 Å². The Balaban J connectivity index is 1.59.